The molecule has 0 bridgehead atoms. The van der Waals surface area contributed by atoms with Crippen LogP contribution in [0.3, 0.4) is 0 Å². The van der Waals surface area contributed by atoms with E-state index in [2.05, 4.69) is 11.7 Å². The van der Waals surface area contributed by atoms with Crippen molar-refractivity contribution >= 4 is 11.6 Å². The molecule has 0 atom stereocenters. The third-order valence-electron chi connectivity index (χ3n) is 1.84. The first kappa shape index (κ1) is 7.10. The molecule has 0 aliphatic rings. The maximum absolute atomic E-state index is 4.29. The summed E-state index contributed by atoms with van der Waals surface area (Å²) in [5.41, 5.74) is 3.25. The van der Waals surface area contributed by atoms with E-state index in [1.807, 2.05) is 41.9 Å². The number of aromatic nitrogens is 2. The maximum atomic E-state index is 4.29. The molecular formula is C10H10N2. The minimum atomic E-state index is 1.04. The van der Waals surface area contributed by atoms with Crippen LogP contribution < -0.4 is 0 Å². The summed E-state index contributed by atoms with van der Waals surface area (Å²) in [6.07, 6.45) is 3.78. The molecule has 2 aromatic rings. The predicted molar refractivity (Wildman–Crippen MR) is 50.0 cm³/mol. The van der Waals surface area contributed by atoms with Crippen LogP contribution in [0.15, 0.2) is 31.0 Å². The first-order chi connectivity index (χ1) is 5.79. The van der Waals surface area contributed by atoms with Gasteiger partial charge in [0.2, 0.25) is 0 Å². The number of nitrogens with zero attached hydrogens (tertiary/aromatic N) is 2. The predicted octanol–water partition coefficient (Wildman–Crippen LogP) is 2.29. The highest BCUT2D eigenvalue weighted by atomic mass is 15.2. The van der Waals surface area contributed by atoms with Crippen LogP contribution in [0.4, 0.5) is 0 Å². The van der Waals surface area contributed by atoms with Crippen LogP contribution in [0.1, 0.15) is 11.3 Å². The minimum absolute atomic E-state index is 1.04. The lowest BCUT2D eigenvalue weighted by molar-refractivity contribution is 0.932. The molecule has 2 aromatic heterocycles. The van der Waals surface area contributed by atoms with Crippen LogP contribution in [0.2, 0.25) is 0 Å². The smallest absolute Gasteiger partial charge is 0.0664 e. The number of fused-ring (bicyclic) bond motifs is 1. The van der Waals surface area contributed by atoms with E-state index in [0.717, 1.165) is 16.8 Å². The third-order valence-corrected chi connectivity index (χ3v) is 1.84. The van der Waals surface area contributed by atoms with Crippen LogP contribution in [0.25, 0.3) is 11.6 Å². The molecule has 0 amide bonds. The third kappa shape index (κ3) is 1.01. The van der Waals surface area contributed by atoms with Crippen LogP contribution >= 0.6 is 0 Å². The van der Waals surface area contributed by atoms with Crippen LogP contribution in [-0.2, 0) is 0 Å². The normalized spacial score (nSPS) is 10.4. The van der Waals surface area contributed by atoms with Crippen molar-refractivity contribution in [2.75, 3.05) is 0 Å². The molecule has 2 heterocycles. The molecule has 0 aliphatic carbocycles. The van der Waals surface area contributed by atoms with Crippen molar-refractivity contribution in [2.45, 2.75) is 6.92 Å². The first-order valence-electron chi connectivity index (χ1n) is 3.88. The van der Waals surface area contributed by atoms with E-state index >= 15 is 0 Å². The lowest BCUT2D eigenvalue weighted by atomic mass is 10.2. The van der Waals surface area contributed by atoms with Crippen molar-refractivity contribution in [1.82, 2.24) is 9.61 Å². The maximum Gasteiger partial charge on any atom is 0.0664 e. The van der Waals surface area contributed by atoms with E-state index in [9.17, 15) is 0 Å². The lowest BCUT2D eigenvalue weighted by Crippen LogP contribution is -1.87. The van der Waals surface area contributed by atoms with Gasteiger partial charge in [0.05, 0.1) is 11.2 Å². The van der Waals surface area contributed by atoms with E-state index in [1.54, 1.807) is 0 Å². The zero-order valence-electron chi connectivity index (χ0n) is 6.99. The van der Waals surface area contributed by atoms with Crippen LogP contribution in [-0.4, -0.2) is 9.61 Å². The second-order valence-electron chi connectivity index (χ2n) is 2.82. The molecule has 0 unspecified atom stereocenters. The van der Waals surface area contributed by atoms with E-state index in [0.29, 0.717) is 0 Å². The standard InChI is InChI=1S/C10H10N2/c1-3-9-4-5-10-6-8(2)11-12(10)7-9/h3-7H,1H2,2H3. The minimum Gasteiger partial charge on any atom is -0.240 e. The second-order valence-corrected chi connectivity index (χ2v) is 2.82. The molecule has 0 spiro atoms. The number of hydrogen-bond acceptors (Lipinski definition) is 1. The SMILES string of the molecule is C=Cc1ccc2cc(C)nn2c1. The molecule has 60 valence electrons. The fourth-order valence-corrected chi connectivity index (χ4v) is 1.25. The van der Waals surface area contributed by atoms with Crippen molar-refractivity contribution in [3.05, 3.63) is 42.2 Å². The Hall–Kier alpha value is -1.57. The molecule has 0 aliphatic heterocycles. The summed E-state index contributed by atoms with van der Waals surface area (Å²) in [6, 6.07) is 6.12. The Bertz CT molecular complexity index is 426. The Morgan fingerprint density at radius 2 is 2.33 bits per heavy atom. The summed E-state index contributed by atoms with van der Waals surface area (Å²) < 4.78 is 1.87. The molecule has 0 saturated heterocycles. The molecule has 2 nitrogen and oxygen atoms in total. The van der Waals surface area contributed by atoms with Gasteiger partial charge in [-0.1, -0.05) is 18.7 Å². The summed E-state index contributed by atoms with van der Waals surface area (Å²) in [5, 5.41) is 4.29. The Morgan fingerprint density at radius 1 is 1.50 bits per heavy atom. The first-order valence-corrected chi connectivity index (χ1v) is 3.88. The molecule has 0 saturated carbocycles. The van der Waals surface area contributed by atoms with Gasteiger partial charge in [-0.05, 0) is 24.6 Å². The second kappa shape index (κ2) is 2.48. The van der Waals surface area contributed by atoms with Crippen molar-refractivity contribution in [3.63, 3.8) is 0 Å². The highest BCUT2D eigenvalue weighted by Gasteiger charge is 1.95. The zero-order valence-corrected chi connectivity index (χ0v) is 6.99. The van der Waals surface area contributed by atoms with Gasteiger partial charge in [-0.15, -0.1) is 0 Å². The van der Waals surface area contributed by atoms with Gasteiger partial charge >= 0.3 is 0 Å². The topological polar surface area (TPSA) is 17.3 Å². The summed E-state index contributed by atoms with van der Waals surface area (Å²) in [4.78, 5) is 0. The molecule has 2 rings (SSSR count). The van der Waals surface area contributed by atoms with Crippen LogP contribution in [0.5, 0.6) is 0 Å². The molecule has 0 fully saturated rings. The fraction of sp³-hybridized carbons (Fsp3) is 0.100. The summed E-state index contributed by atoms with van der Waals surface area (Å²) in [6.45, 7) is 5.69. The highest BCUT2D eigenvalue weighted by Crippen LogP contribution is 2.08. The van der Waals surface area contributed by atoms with Gasteiger partial charge in [0.25, 0.3) is 0 Å². The van der Waals surface area contributed by atoms with Gasteiger partial charge in [0.1, 0.15) is 0 Å². The highest BCUT2D eigenvalue weighted by molar-refractivity contribution is 5.54. The largest absolute Gasteiger partial charge is 0.240 e. The van der Waals surface area contributed by atoms with E-state index in [-0.39, 0.29) is 0 Å². The summed E-state index contributed by atoms with van der Waals surface area (Å²) >= 11 is 0. The Morgan fingerprint density at radius 3 is 3.08 bits per heavy atom. The van der Waals surface area contributed by atoms with E-state index in [4.69, 9.17) is 0 Å². The average molecular weight is 158 g/mol. The molecule has 2 heteroatoms. The number of pyridine rings is 1. The molecule has 0 radical (unpaired) electrons. The van der Waals surface area contributed by atoms with Gasteiger partial charge in [-0.3, -0.25) is 0 Å². The molecule has 0 N–H and O–H groups in total. The van der Waals surface area contributed by atoms with Crippen molar-refractivity contribution < 1.29 is 0 Å². The fourth-order valence-electron chi connectivity index (χ4n) is 1.25. The van der Waals surface area contributed by atoms with Gasteiger partial charge in [0, 0.05) is 6.20 Å². The van der Waals surface area contributed by atoms with E-state index in [1.165, 1.54) is 0 Å². The molecule has 12 heavy (non-hydrogen) atoms. The Kier molecular flexibility index (Phi) is 1.47. The monoisotopic (exact) mass is 158 g/mol. The molecular weight excluding hydrogens is 148 g/mol. The zero-order chi connectivity index (χ0) is 8.55. The average Bonchev–Trinajstić information content (AvgIpc) is 2.43. The van der Waals surface area contributed by atoms with Gasteiger partial charge < -0.3 is 0 Å². The lowest BCUT2D eigenvalue weighted by Gasteiger charge is -1.94. The van der Waals surface area contributed by atoms with E-state index < -0.39 is 0 Å². The Balaban J connectivity index is 2.74. The van der Waals surface area contributed by atoms with Crippen molar-refractivity contribution in [1.29, 1.82) is 0 Å². The van der Waals surface area contributed by atoms with Gasteiger partial charge in [-0.25, -0.2) is 4.52 Å². The molecule has 0 aromatic carbocycles. The van der Waals surface area contributed by atoms with Gasteiger partial charge in [0.15, 0.2) is 0 Å². The number of hydrogen-bond donors (Lipinski definition) is 0. The van der Waals surface area contributed by atoms with Crippen molar-refractivity contribution in [2.24, 2.45) is 0 Å². The summed E-state index contributed by atoms with van der Waals surface area (Å²) in [7, 11) is 0. The number of rotatable bonds is 1. The number of aryl methyl sites for hydroxylation is 1. The van der Waals surface area contributed by atoms with Crippen LogP contribution in [0, 0.1) is 6.92 Å². The Labute approximate surface area is 71.1 Å². The van der Waals surface area contributed by atoms with Gasteiger partial charge in [-0.2, -0.15) is 5.10 Å². The van der Waals surface area contributed by atoms with Crippen molar-refractivity contribution in [3.8, 4) is 0 Å². The quantitative estimate of drug-likeness (QED) is 0.622. The summed E-state index contributed by atoms with van der Waals surface area (Å²) in [5.74, 6) is 0.